The molecule has 1 aromatic heterocycles. The summed E-state index contributed by atoms with van der Waals surface area (Å²) in [4.78, 5) is 18.6. The smallest absolute Gasteiger partial charge is 0.165 e. The van der Waals surface area contributed by atoms with Crippen LogP contribution in [0.15, 0.2) is 48.8 Å². The third-order valence-corrected chi connectivity index (χ3v) is 5.39. The van der Waals surface area contributed by atoms with Crippen LogP contribution in [0.3, 0.4) is 0 Å². The average Bonchev–Trinajstić information content (AvgIpc) is 3.12. The molecule has 25 heavy (non-hydrogen) atoms. The maximum atomic E-state index is 12.2. The van der Waals surface area contributed by atoms with E-state index in [1.54, 1.807) is 25.6 Å². The summed E-state index contributed by atoms with van der Waals surface area (Å²) in [7, 11) is 1.64. The molecule has 2 aromatic rings. The average molecular weight is 358 g/mol. The molecular formula is C19H22N2O3S. The van der Waals surface area contributed by atoms with E-state index < -0.39 is 0 Å². The lowest BCUT2D eigenvalue weighted by Crippen LogP contribution is -2.34. The summed E-state index contributed by atoms with van der Waals surface area (Å²) < 4.78 is 11.3. The third-order valence-electron chi connectivity index (χ3n) is 4.16. The predicted molar refractivity (Wildman–Crippen MR) is 99.5 cm³/mol. The molecule has 6 heteroatoms. The highest BCUT2D eigenvalue weighted by molar-refractivity contribution is 8.00. The van der Waals surface area contributed by atoms with E-state index >= 15 is 0 Å². The van der Waals surface area contributed by atoms with Crippen molar-refractivity contribution in [2.75, 3.05) is 32.6 Å². The fourth-order valence-electron chi connectivity index (χ4n) is 2.78. The van der Waals surface area contributed by atoms with Gasteiger partial charge in [-0.15, -0.1) is 11.8 Å². The molecule has 5 nitrogen and oxygen atoms in total. The first-order valence-electron chi connectivity index (χ1n) is 8.32. The summed E-state index contributed by atoms with van der Waals surface area (Å²) in [6.07, 6.45) is 3.81. The first-order valence-corrected chi connectivity index (χ1v) is 9.37. The zero-order chi connectivity index (χ0) is 17.5. The zero-order valence-corrected chi connectivity index (χ0v) is 15.1. The van der Waals surface area contributed by atoms with Crippen LogP contribution in [0.1, 0.15) is 16.8 Å². The Labute approximate surface area is 152 Å². The number of methoxy groups -OCH3 is 1. The number of hydrogen-bond donors (Lipinski definition) is 0. The molecule has 1 atom stereocenters. The number of carbonyl (C=O) groups is 1. The highest BCUT2D eigenvalue weighted by Gasteiger charge is 2.26. The maximum absolute atomic E-state index is 12.2. The molecule has 0 saturated carbocycles. The summed E-state index contributed by atoms with van der Waals surface area (Å²) in [5.74, 6) is 2.68. The Morgan fingerprint density at radius 3 is 2.88 bits per heavy atom. The highest BCUT2D eigenvalue weighted by Crippen LogP contribution is 2.29. The Morgan fingerprint density at radius 2 is 2.12 bits per heavy atom. The lowest BCUT2D eigenvalue weighted by atomic mass is 10.1. The molecule has 0 amide bonds. The number of aromatic nitrogens is 1. The van der Waals surface area contributed by atoms with Crippen molar-refractivity contribution in [3.8, 4) is 11.5 Å². The van der Waals surface area contributed by atoms with Gasteiger partial charge in [-0.25, -0.2) is 0 Å². The molecule has 0 radical (unpaired) electrons. The van der Waals surface area contributed by atoms with Gasteiger partial charge in [0.15, 0.2) is 17.3 Å². The second-order valence-electron chi connectivity index (χ2n) is 5.74. The number of hydrogen-bond acceptors (Lipinski definition) is 6. The van der Waals surface area contributed by atoms with Gasteiger partial charge in [0.1, 0.15) is 6.61 Å². The SMILES string of the molecule is COc1ccccc1OCC1SCCN1CCC(=O)c1cccnc1. The highest BCUT2D eigenvalue weighted by atomic mass is 32.2. The number of benzene rings is 1. The van der Waals surface area contributed by atoms with Gasteiger partial charge in [-0.1, -0.05) is 12.1 Å². The van der Waals surface area contributed by atoms with Crippen molar-refractivity contribution in [2.24, 2.45) is 0 Å². The summed E-state index contributed by atoms with van der Waals surface area (Å²) >= 11 is 1.87. The second-order valence-corrected chi connectivity index (χ2v) is 7.02. The fourth-order valence-corrected chi connectivity index (χ4v) is 3.98. The number of thioether (sulfide) groups is 1. The van der Waals surface area contributed by atoms with Crippen molar-refractivity contribution in [3.05, 3.63) is 54.4 Å². The molecule has 1 unspecified atom stereocenters. The maximum Gasteiger partial charge on any atom is 0.165 e. The van der Waals surface area contributed by atoms with Gasteiger partial charge in [-0.2, -0.15) is 0 Å². The number of para-hydroxylation sites is 2. The summed E-state index contributed by atoms with van der Waals surface area (Å²) in [6, 6.07) is 11.3. The Bertz CT molecular complexity index is 696. The van der Waals surface area contributed by atoms with E-state index in [9.17, 15) is 4.79 Å². The van der Waals surface area contributed by atoms with Crippen molar-refractivity contribution in [1.29, 1.82) is 0 Å². The van der Waals surface area contributed by atoms with E-state index in [1.807, 2.05) is 42.1 Å². The largest absolute Gasteiger partial charge is 0.493 e. The summed E-state index contributed by atoms with van der Waals surface area (Å²) in [5, 5.41) is 0.256. The number of pyridine rings is 1. The Hall–Kier alpha value is -2.05. The van der Waals surface area contributed by atoms with Gasteiger partial charge in [0.2, 0.25) is 0 Å². The van der Waals surface area contributed by atoms with E-state index in [4.69, 9.17) is 9.47 Å². The van der Waals surface area contributed by atoms with Crippen LogP contribution in [0.4, 0.5) is 0 Å². The van der Waals surface area contributed by atoms with Gasteiger partial charge in [0, 0.05) is 43.2 Å². The standard InChI is InChI=1S/C19H22N2O3S/c1-23-17-6-2-3-7-18(17)24-14-19-21(11-12-25-19)10-8-16(22)15-5-4-9-20-13-15/h2-7,9,13,19H,8,10-12,14H2,1H3. The molecule has 1 aliphatic heterocycles. The third kappa shape index (κ3) is 4.74. The number of rotatable bonds is 8. The van der Waals surface area contributed by atoms with Gasteiger partial charge in [0.25, 0.3) is 0 Å². The Kier molecular flexibility index (Phi) is 6.30. The van der Waals surface area contributed by atoms with E-state index in [0.717, 1.165) is 30.3 Å². The van der Waals surface area contributed by atoms with Crippen LogP contribution in [0.2, 0.25) is 0 Å². The number of ether oxygens (including phenoxy) is 2. The van der Waals surface area contributed by atoms with Crippen molar-refractivity contribution in [3.63, 3.8) is 0 Å². The monoisotopic (exact) mass is 358 g/mol. The topological polar surface area (TPSA) is 51.7 Å². The van der Waals surface area contributed by atoms with Gasteiger partial charge in [0.05, 0.1) is 12.5 Å². The first kappa shape index (κ1) is 17.8. The fraction of sp³-hybridized carbons (Fsp3) is 0.368. The van der Waals surface area contributed by atoms with Crippen LogP contribution in [-0.2, 0) is 0 Å². The normalized spacial score (nSPS) is 17.4. The molecule has 1 aliphatic rings. The lowest BCUT2D eigenvalue weighted by molar-refractivity contribution is 0.0958. The Morgan fingerprint density at radius 1 is 1.28 bits per heavy atom. The molecule has 1 aromatic carbocycles. The molecule has 0 N–H and O–H groups in total. The zero-order valence-electron chi connectivity index (χ0n) is 14.3. The first-order chi connectivity index (χ1) is 12.3. The van der Waals surface area contributed by atoms with Crippen LogP contribution in [0, 0.1) is 0 Å². The minimum Gasteiger partial charge on any atom is -0.493 e. The summed E-state index contributed by atoms with van der Waals surface area (Å²) in [6.45, 7) is 2.29. The van der Waals surface area contributed by atoms with E-state index in [-0.39, 0.29) is 11.2 Å². The van der Waals surface area contributed by atoms with Crippen molar-refractivity contribution in [2.45, 2.75) is 11.8 Å². The lowest BCUT2D eigenvalue weighted by Gasteiger charge is -2.23. The molecule has 1 fully saturated rings. The molecule has 0 aliphatic carbocycles. The molecule has 1 saturated heterocycles. The van der Waals surface area contributed by atoms with E-state index in [1.165, 1.54) is 0 Å². The molecule has 3 rings (SSSR count). The number of nitrogens with zero attached hydrogens (tertiary/aromatic N) is 2. The molecule has 0 bridgehead atoms. The molecular weight excluding hydrogens is 336 g/mol. The van der Waals surface area contributed by atoms with Crippen molar-refractivity contribution < 1.29 is 14.3 Å². The van der Waals surface area contributed by atoms with Crippen LogP contribution in [0.5, 0.6) is 11.5 Å². The van der Waals surface area contributed by atoms with Crippen LogP contribution in [-0.4, -0.2) is 53.6 Å². The van der Waals surface area contributed by atoms with Crippen LogP contribution >= 0.6 is 11.8 Å². The predicted octanol–water partition coefficient (Wildman–Crippen LogP) is 3.12. The number of carbonyl (C=O) groups excluding carboxylic acids is 1. The minimum absolute atomic E-state index is 0.134. The van der Waals surface area contributed by atoms with Gasteiger partial charge < -0.3 is 9.47 Å². The van der Waals surface area contributed by atoms with Crippen molar-refractivity contribution in [1.82, 2.24) is 9.88 Å². The van der Waals surface area contributed by atoms with Crippen molar-refractivity contribution >= 4 is 17.5 Å². The van der Waals surface area contributed by atoms with Crippen LogP contribution < -0.4 is 9.47 Å². The van der Waals surface area contributed by atoms with Gasteiger partial charge >= 0.3 is 0 Å². The second kappa shape index (κ2) is 8.87. The summed E-state index contributed by atoms with van der Waals surface area (Å²) in [5.41, 5.74) is 0.677. The van der Waals surface area contributed by atoms with Gasteiger partial charge in [-0.3, -0.25) is 14.7 Å². The van der Waals surface area contributed by atoms with Crippen LogP contribution in [0.25, 0.3) is 0 Å². The number of Topliss-reactive ketones (excluding diaryl/α,β-unsaturated/α-hetero) is 1. The Balaban J connectivity index is 1.51. The van der Waals surface area contributed by atoms with E-state index in [0.29, 0.717) is 18.6 Å². The number of ketones is 1. The molecule has 132 valence electrons. The quantitative estimate of drug-likeness (QED) is 0.676. The van der Waals surface area contributed by atoms with Gasteiger partial charge in [-0.05, 0) is 24.3 Å². The minimum atomic E-state index is 0.134. The van der Waals surface area contributed by atoms with E-state index in [2.05, 4.69) is 9.88 Å². The molecule has 0 spiro atoms. The molecule has 2 heterocycles.